The highest BCUT2D eigenvalue weighted by molar-refractivity contribution is 5.98. The molecule has 0 bridgehead atoms. The second-order valence-electron chi connectivity index (χ2n) is 4.86. The number of terminal acetylenes is 1. The van der Waals surface area contributed by atoms with Crippen molar-refractivity contribution < 1.29 is 9.47 Å². The number of hydrogen-bond acceptors (Lipinski definition) is 5. The Labute approximate surface area is 134 Å². The quantitative estimate of drug-likeness (QED) is 0.595. The van der Waals surface area contributed by atoms with Gasteiger partial charge < -0.3 is 15.2 Å². The van der Waals surface area contributed by atoms with E-state index in [1.807, 2.05) is 18.2 Å². The van der Waals surface area contributed by atoms with Crippen molar-refractivity contribution in [1.82, 2.24) is 9.97 Å². The Hall–Kier alpha value is -3.26. The molecule has 0 spiro atoms. The van der Waals surface area contributed by atoms with Crippen LogP contribution in [0.4, 0.5) is 5.69 Å². The number of methoxy groups -OCH3 is 2. The van der Waals surface area contributed by atoms with E-state index in [4.69, 9.17) is 21.6 Å². The molecule has 0 aliphatic heterocycles. The number of fused-ring (bicyclic) bond motifs is 1. The topological polar surface area (TPSA) is 70.3 Å². The number of anilines is 1. The van der Waals surface area contributed by atoms with Gasteiger partial charge in [0.05, 0.1) is 25.4 Å². The minimum Gasteiger partial charge on any atom is -0.493 e. The first-order chi connectivity index (χ1) is 11.2. The Balaban J connectivity index is 2.38. The van der Waals surface area contributed by atoms with Crippen molar-refractivity contribution in [3.63, 3.8) is 0 Å². The standard InChI is InChI=1S/C18H15N3O2/c1-4-11-6-5-7-13(19)17(11)18-12-8-15(22-2)16(23-3)9-14(12)20-10-21-18/h1,5-10H,19H2,2-3H3. The third-order valence-electron chi connectivity index (χ3n) is 3.63. The van der Waals surface area contributed by atoms with Crippen LogP contribution in [0.25, 0.3) is 22.2 Å². The first-order valence-corrected chi connectivity index (χ1v) is 6.91. The van der Waals surface area contributed by atoms with E-state index >= 15 is 0 Å². The molecule has 2 N–H and O–H groups in total. The molecule has 23 heavy (non-hydrogen) atoms. The van der Waals surface area contributed by atoms with Crippen molar-refractivity contribution in [3.05, 3.63) is 42.2 Å². The molecule has 0 unspecified atom stereocenters. The maximum Gasteiger partial charge on any atom is 0.162 e. The van der Waals surface area contributed by atoms with Gasteiger partial charge in [-0.2, -0.15) is 0 Å². The summed E-state index contributed by atoms with van der Waals surface area (Å²) in [5.74, 6) is 3.84. The van der Waals surface area contributed by atoms with Crippen molar-refractivity contribution in [2.45, 2.75) is 0 Å². The maximum atomic E-state index is 6.13. The van der Waals surface area contributed by atoms with Gasteiger partial charge in [-0.25, -0.2) is 9.97 Å². The summed E-state index contributed by atoms with van der Waals surface area (Å²) >= 11 is 0. The van der Waals surface area contributed by atoms with Crippen molar-refractivity contribution >= 4 is 16.6 Å². The Morgan fingerprint density at radius 2 is 1.83 bits per heavy atom. The third kappa shape index (κ3) is 2.40. The molecule has 5 heteroatoms. The van der Waals surface area contributed by atoms with E-state index in [9.17, 15) is 0 Å². The molecule has 0 atom stereocenters. The zero-order valence-electron chi connectivity index (χ0n) is 12.8. The van der Waals surface area contributed by atoms with Crippen molar-refractivity contribution in [3.8, 4) is 35.1 Å². The van der Waals surface area contributed by atoms with Crippen LogP contribution in [-0.2, 0) is 0 Å². The van der Waals surface area contributed by atoms with Gasteiger partial charge in [0.25, 0.3) is 0 Å². The maximum absolute atomic E-state index is 6.13. The summed E-state index contributed by atoms with van der Waals surface area (Å²) in [6.07, 6.45) is 7.09. The minimum atomic E-state index is 0.565. The van der Waals surface area contributed by atoms with Crippen LogP contribution in [0.1, 0.15) is 5.56 Å². The van der Waals surface area contributed by atoms with E-state index in [-0.39, 0.29) is 0 Å². The highest BCUT2D eigenvalue weighted by Gasteiger charge is 2.16. The predicted molar refractivity (Wildman–Crippen MR) is 90.4 cm³/mol. The van der Waals surface area contributed by atoms with Crippen LogP contribution in [0, 0.1) is 12.3 Å². The Morgan fingerprint density at radius 3 is 2.52 bits per heavy atom. The Kier molecular flexibility index (Phi) is 3.73. The molecule has 2 aromatic carbocycles. The normalized spacial score (nSPS) is 10.3. The summed E-state index contributed by atoms with van der Waals surface area (Å²) in [5.41, 5.74) is 9.49. The third-order valence-corrected chi connectivity index (χ3v) is 3.63. The predicted octanol–water partition coefficient (Wildman–Crippen LogP) is 2.88. The van der Waals surface area contributed by atoms with Gasteiger partial charge in [0, 0.05) is 28.3 Å². The summed E-state index contributed by atoms with van der Waals surface area (Å²) in [6.45, 7) is 0. The van der Waals surface area contributed by atoms with E-state index in [2.05, 4.69) is 15.9 Å². The van der Waals surface area contributed by atoms with Crippen LogP contribution >= 0.6 is 0 Å². The largest absolute Gasteiger partial charge is 0.493 e. The zero-order valence-corrected chi connectivity index (χ0v) is 12.8. The van der Waals surface area contributed by atoms with Crippen molar-refractivity contribution in [1.29, 1.82) is 0 Å². The Bertz CT molecular complexity index is 929. The number of nitrogens with two attached hydrogens (primary N) is 1. The van der Waals surface area contributed by atoms with E-state index in [1.54, 1.807) is 26.4 Å². The molecule has 0 aliphatic carbocycles. The van der Waals surface area contributed by atoms with Crippen LogP contribution in [-0.4, -0.2) is 24.2 Å². The fraction of sp³-hybridized carbons (Fsp3) is 0.111. The smallest absolute Gasteiger partial charge is 0.162 e. The molecule has 0 saturated carbocycles. The average Bonchev–Trinajstić information content (AvgIpc) is 2.59. The number of rotatable bonds is 3. The lowest BCUT2D eigenvalue weighted by Crippen LogP contribution is -1.98. The molecule has 0 radical (unpaired) electrons. The number of nitrogen functional groups attached to an aromatic ring is 1. The highest BCUT2D eigenvalue weighted by atomic mass is 16.5. The fourth-order valence-electron chi connectivity index (χ4n) is 2.54. The molecule has 0 amide bonds. The lowest BCUT2D eigenvalue weighted by molar-refractivity contribution is 0.356. The summed E-state index contributed by atoms with van der Waals surface area (Å²) in [7, 11) is 3.16. The van der Waals surface area contributed by atoms with Gasteiger partial charge >= 0.3 is 0 Å². The SMILES string of the molecule is C#Cc1cccc(N)c1-c1ncnc2cc(OC)c(OC)cc12. The summed E-state index contributed by atoms with van der Waals surface area (Å²) < 4.78 is 10.7. The second kappa shape index (κ2) is 5.85. The van der Waals surface area contributed by atoms with Crippen LogP contribution in [0.5, 0.6) is 11.5 Å². The van der Waals surface area contributed by atoms with Gasteiger partial charge in [-0.05, 0) is 18.2 Å². The van der Waals surface area contributed by atoms with Gasteiger partial charge in [-0.15, -0.1) is 6.42 Å². The van der Waals surface area contributed by atoms with Crippen LogP contribution in [0.15, 0.2) is 36.7 Å². The van der Waals surface area contributed by atoms with Crippen molar-refractivity contribution in [2.24, 2.45) is 0 Å². The number of aromatic nitrogens is 2. The molecule has 0 aliphatic rings. The lowest BCUT2D eigenvalue weighted by Gasteiger charge is -2.13. The number of benzene rings is 2. The van der Waals surface area contributed by atoms with Crippen LogP contribution in [0.2, 0.25) is 0 Å². The Morgan fingerprint density at radius 1 is 1.09 bits per heavy atom. The molecule has 1 aromatic heterocycles. The first kappa shape index (κ1) is 14.7. The molecular weight excluding hydrogens is 290 g/mol. The monoisotopic (exact) mass is 305 g/mol. The van der Waals surface area contributed by atoms with Gasteiger partial charge in [-0.3, -0.25) is 0 Å². The average molecular weight is 305 g/mol. The number of nitrogens with zero attached hydrogens (tertiary/aromatic N) is 2. The highest BCUT2D eigenvalue weighted by Crippen LogP contribution is 2.37. The van der Waals surface area contributed by atoms with E-state index < -0.39 is 0 Å². The first-order valence-electron chi connectivity index (χ1n) is 6.91. The van der Waals surface area contributed by atoms with E-state index in [0.717, 1.165) is 16.5 Å². The van der Waals surface area contributed by atoms with Gasteiger partial charge in [0.15, 0.2) is 11.5 Å². The second-order valence-corrected chi connectivity index (χ2v) is 4.86. The minimum absolute atomic E-state index is 0.565. The molecule has 0 saturated heterocycles. The summed E-state index contributed by atoms with van der Waals surface area (Å²) in [5, 5.41) is 0.791. The number of ether oxygens (including phenoxy) is 2. The fourth-order valence-corrected chi connectivity index (χ4v) is 2.54. The molecule has 114 valence electrons. The van der Waals surface area contributed by atoms with E-state index in [0.29, 0.717) is 28.4 Å². The molecule has 5 nitrogen and oxygen atoms in total. The summed E-state index contributed by atoms with van der Waals surface area (Å²) in [4.78, 5) is 8.69. The molecule has 3 rings (SSSR count). The van der Waals surface area contributed by atoms with Crippen molar-refractivity contribution in [2.75, 3.05) is 20.0 Å². The summed E-state index contributed by atoms with van der Waals surface area (Å²) in [6, 6.07) is 9.08. The van der Waals surface area contributed by atoms with E-state index in [1.165, 1.54) is 6.33 Å². The molecule has 0 fully saturated rings. The molecule has 3 aromatic rings. The molecule has 1 heterocycles. The number of hydrogen-bond donors (Lipinski definition) is 1. The van der Waals surface area contributed by atoms with Gasteiger partial charge in [-0.1, -0.05) is 12.0 Å². The van der Waals surface area contributed by atoms with Gasteiger partial charge in [0.2, 0.25) is 0 Å². The zero-order chi connectivity index (χ0) is 16.4. The molecular formula is C18H15N3O2. The van der Waals surface area contributed by atoms with Crippen LogP contribution in [0.3, 0.4) is 0 Å². The van der Waals surface area contributed by atoms with Crippen LogP contribution < -0.4 is 15.2 Å². The lowest BCUT2D eigenvalue weighted by atomic mass is 9.99. The van der Waals surface area contributed by atoms with Gasteiger partial charge in [0.1, 0.15) is 6.33 Å².